The minimum Gasteiger partial charge on any atom is -0.507 e. The van der Waals surface area contributed by atoms with Crippen LogP contribution in [0.3, 0.4) is 0 Å². The van der Waals surface area contributed by atoms with E-state index in [4.69, 9.17) is 0 Å². The summed E-state index contributed by atoms with van der Waals surface area (Å²) in [6.07, 6.45) is 0. The number of phenols is 1. The summed E-state index contributed by atoms with van der Waals surface area (Å²) in [5, 5.41) is 17.3. The van der Waals surface area contributed by atoms with Crippen LogP contribution in [0.1, 0.15) is 20.7 Å². The van der Waals surface area contributed by atoms with Gasteiger partial charge in [0.15, 0.2) is 0 Å². The van der Waals surface area contributed by atoms with Crippen molar-refractivity contribution in [3.8, 4) is 5.75 Å². The van der Waals surface area contributed by atoms with Gasteiger partial charge in [0.2, 0.25) is 0 Å². The molecule has 0 unspecified atom stereocenters. The lowest BCUT2D eigenvalue weighted by atomic mass is 10.0. The smallest absolute Gasteiger partial charge is 0.259 e. The average molecular weight is 382 g/mol. The number of hydrogen-bond donors (Lipinski definition) is 3. The number of nitrogens with one attached hydrogen (secondary N) is 2. The van der Waals surface area contributed by atoms with Gasteiger partial charge < -0.3 is 15.7 Å². The number of hydrogen-bond acceptors (Lipinski definition) is 3. The predicted molar refractivity (Wildman–Crippen MR) is 114 cm³/mol. The Morgan fingerprint density at radius 1 is 0.621 bits per heavy atom. The number of rotatable bonds is 4. The standard InChI is InChI=1S/C24H18N2O3/c27-22-15-16-11-12-17(23(28)25-19-7-3-1-4-8-19)13-18(16)14-21(22)24(29)26-20-9-5-2-6-10-20/h1-15,27H,(H,25,28)(H,26,29). The maximum atomic E-state index is 12.6. The third kappa shape index (κ3) is 4.09. The molecule has 4 rings (SSSR count). The summed E-state index contributed by atoms with van der Waals surface area (Å²) in [4.78, 5) is 25.1. The summed E-state index contributed by atoms with van der Waals surface area (Å²) in [7, 11) is 0. The van der Waals surface area contributed by atoms with Gasteiger partial charge in [0.1, 0.15) is 5.75 Å². The topological polar surface area (TPSA) is 78.4 Å². The first-order valence-electron chi connectivity index (χ1n) is 9.10. The van der Waals surface area contributed by atoms with E-state index in [-0.39, 0.29) is 17.2 Å². The highest BCUT2D eigenvalue weighted by Gasteiger charge is 2.14. The normalized spacial score (nSPS) is 10.5. The van der Waals surface area contributed by atoms with Crippen molar-refractivity contribution in [2.45, 2.75) is 0 Å². The molecule has 29 heavy (non-hydrogen) atoms. The van der Waals surface area contributed by atoms with Gasteiger partial charge in [-0.2, -0.15) is 0 Å². The number of aromatic hydroxyl groups is 1. The number of anilines is 2. The Labute approximate surface area is 167 Å². The second kappa shape index (κ2) is 7.86. The van der Waals surface area contributed by atoms with E-state index in [9.17, 15) is 14.7 Å². The first-order chi connectivity index (χ1) is 14.1. The van der Waals surface area contributed by atoms with Crippen LogP contribution in [0.15, 0.2) is 91.0 Å². The van der Waals surface area contributed by atoms with E-state index in [1.807, 2.05) is 48.5 Å². The van der Waals surface area contributed by atoms with E-state index in [0.29, 0.717) is 22.3 Å². The quantitative estimate of drug-likeness (QED) is 0.462. The molecule has 5 nitrogen and oxygen atoms in total. The fraction of sp³-hybridized carbons (Fsp3) is 0. The first-order valence-corrected chi connectivity index (χ1v) is 9.10. The maximum Gasteiger partial charge on any atom is 0.259 e. The van der Waals surface area contributed by atoms with Crippen LogP contribution in [-0.2, 0) is 0 Å². The van der Waals surface area contributed by atoms with Crippen LogP contribution >= 0.6 is 0 Å². The van der Waals surface area contributed by atoms with Crippen molar-refractivity contribution in [3.63, 3.8) is 0 Å². The molecule has 4 aromatic carbocycles. The first kappa shape index (κ1) is 18.3. The molecule has 0 aromatic heterocycles. The van der Waals surface area contributed by atoms with E-state index in [1.54, 1.807) is 36.4 Å². The van der Waals surface area contributed by atoms with Crippen LogP contribution < -0.4 is 10.6 Å². The molecule has 0 saturated heterocycles. The number of fused-ring (bicyclic) bond motifs is 1. The van der Waals surface area contributed by atoms with Crippen LogP contribution in [0.25, 0.3) is 10.8 Å². The number of phenolic OH excluding ortho intramolecular Hbond substituents is 1. The Morgan fingerprint density at radius 3 is 1.83 bits per heavy atom. The third-order valence-corrected chi connectivity index (χ3v) is 4.52. The number of amides is 2. The Balaban J connectivity index is 1.63. The van der Waals surface area contributed by atoms with E-state index < -0.39 is 5.91 Å². The lowest BCUT2D eigenvalue weighted by molar-refractivity contribution is 0.101. The van der Waals surface area contributed by atoms with Gasteiger partial charge in [0, 0.05) is 16.9 Å². The molecule has 0 fully saturated rings. The predicted octanol–water partition coefficient (Wildman–Crippen LogP) is 5.05. The van der Waals surface area contributed by atoms with Crippen LogP contribution in [0.5, 0.6) is 5.75 Å². The molecular weight excluding hydrogens is 364 g/mol. The van der Waals surface area contributed by atoms with Gasteiger partial charge in [-0.15, -0.1) is 0 Å². The zero-order chi connectivity index (χ0) is 20.2. The Hall–Kier alpha value is -4.12. The van der Waals surface area contributed by atoms with Crippen LogP contribution in [0.4, 0.5) is 11.4 Å². The number of carbonyl (C=O) groups excluding carboxylic acids is 2. The van der Waals surface area contributed by atoms with Crippen molar-refractivity contribution in [3.05, 3.63) is 102 Å². The Kier molecular flexibility index (Phi) is 4.95. The van der Waals surface area contributed by atoms with Gasteiger partial charge in [-0.1, -0.05) is 42.5 Å². The second-order valence-electron chi connectivity index (χ2n) is 6.57. The van der Waals surface area contributed by atoms with E-state index in [0.717, 1.165) is 5.39 Å². The van der Waals surface area contributed by atoms with Crippen molar-refractivity contribution in [2.75, 3.05) is 10.6 Å². The molecule has 142 valence electrons. The average Bonchev–Trinajstić information content (AvgIpc) is 2.74. The molecule has 0 spiro atoms. The number of benzene rings is 4. The highest BCUT2D eigenvalue weighted by Crippen LogP contribution is 2.27. The van der Waals surface area contributed by atoms with Crippen LogP contribution in [-0.4, -0.2) is 16.9 Å². The maximum absolute atomic E-state index is 12.6. The highest BCUT2D eigenvalue weighted by molar-refractivity contribution is 6.10. The number of para-hydroxylation sites is 2. The van der Waals surface area contributed by atoms with Gasteiger partial charge in [-0.25, -0.2) is 0 Å². The Morgan fingerprint density at radius 2 is 1.21 bits per heavy atom. The molecule has 0 bridgehead atoms. The third-order valence-electron chi connectivity index (χ3n) is 4.52. The van der Waals surface area contributed by atoms with Gasteiger partial charge in [0.25, 0.3) is 11.8 Å². The molecular formula is C24H18N2O3. The lowest BCUT2D eigenvalue weighted by Gasteiger charge is -2.10. The van der Waals surface area contributed by atoms with Gasteiger partial charge in [-0.05, 0) is 59.3 Å². The van der Waals surface area contributed by atoms with Crippen molar-refractivity contribution in [1.29, 1.82) is 0 Å². The van der Waals surface area contributed by atoms with Crippen molar-refractivity contribution in [2.24, 2.45) is 0 Å². The monoisotopic (exact) mass is 382 g/mol. The highest BCUT2D eigenvalue weighted by atomic mass is 16.3. The second-order valence-corrected chi connectivity index (χ2v) is 6.57. The minimum absolute atomic E-state index is 0.118. The Bertz CT molecular complexity index is 1190. The van der Waals surface area contributed by atoms with Crippen molar-refractivity contribution >= 4 is 34.0 Å². The van der Waals surface area contributed by atoms with Crippen LogP contribution in [0.2, 0.25) is 0 Å². The van der Waals surface area contributed by atoms with E-state index >= 15 is 0 Å². The molecule has 3 N–H and O–H groups in total. The summed E-state index contributed by atoms with van der Waals surface area (Å²) in [5.74, 6) is -0.788. The zero-order valence-corrected chi connectivity index (χ0v) is 15.4. The SMILES string of the molecule is O=C(Nc1ccccc1)c1ccc2cc(O)c(C(=O)Nc3ccccc3)cc2c1. The van der Waals surface area contributed by atoms with Gasteiger partial charge in [0.05, 0.1) is 5.56 Å². The molecule has 0 aliphatic carbocycles. The molecule has 0 aliphatic heterocycles. The largest absolute Gasteiger partial charge is 0.507 e. The summed E-state index contributed by atoms with van der Waals surface area (Å²) in [5.41, 5.74) is 1.93. The molecule has 0 atom stereocenters. The zero-order valence-electron chi connectivity index (χ0n) is 15.4. The number of carbonyl (C=O) groups is 2. The lowest BCUT2D eigenvalue weighted by Crippen LogP contribution is -2.13. The van der Waals surface area contributed by atoms with Crippen molar-refractivity contribution in [1.82, 2.24) is 0 Å². The molecule has 0 saturated carbocycles. The molecule has 4 aromatic rings. The molecule has 5 heteroatoms. The van der Waals surface area contributed by atoms with E-state index in [2.05, 4.69) is 10.6 Å². The summed E-state index contributed by atoms with van der Waals surface area (Å²) in [6, 6.07) is 26.4. The van der Waals surface area contributed by atoms with Crippen molar-refractivity contribution < 1.29 is 14.7 Å². The summed E-state index contributed by atoms with van der Waals surface area (Å²) < 4.78 is 0. The van der Waals surface area contributed by atoms with Gasteiger partial charge >= 0.3 is 0 Å². The molecule has 2 amide bonds. The minimum atomic E-state index is -0.422. The molecule has 0 heterocycles. The fourth-order valence-electron chi connectivity index (χ4n) is 3.05. The van der Waals surface area contributed by atoms with Gasteiger partial charge in [-0.3, -0.25) is 9.59 Å². The fourth-order valence-corrected chi connectivity index (χ4v) is 3.05. The molecule has 0 radical (unpaired) electrons. The summed E-state index contributed by atoms with van der Waals surface area (Å²) in [6.45, 7) is 0. The summed E-state index contributed by atoms with van der Waals surface area (Å²) >= 11 is 0. The van der Waals surface area contributed by atoms with E-state index in [1.165, 1.54) is 6.07 Å². The molecule has 0 aliphatic rings. The van der Waals surface area contributed by atoms with Crippen LogP contribution in [0, 0.1) is 0 Å².